The second-order valence-electron chi connectivity index (χ2n) is 4.63. The quantitative estimate of drug-likeness (QED) is 0.671. The van der Waals surface area contributed by atoms with Crippen LogP contribution in [0.1, 0.15) is 12.0 Å². The summed E-state index contributed by atoms with van der Waals surface area (Å²) in [6, 6.07) is 11.6. The Bertz CT molecular complexity index is 746. The number of benzene rings is 2. The van der Waals surface area contributed by atoms with Crippen molar-refractivity contribution >= 4 is 28.7 Å². The topological polar surface area (TPSA) is 55.4 Å². The highest BCUT2D eigenvalue weighted by molar-refractivity contribution is 6.16. The van der Waals surface area contributed by atoms with Crippen LogP contribution in [0, 0.1) is 0 Å². The molecule has 3 rings (SSSR count). The zero-order valence-corrected chi connectivity index (χ0v) is 11.0. The smallest absolute Gasteiger partial charge is 0.254 e. The van der Waals surface area contributed by atoms with E-state index in [9.17, 15) is 9.59 Å². The third-order valence-corrected chi connectivity index (χ3v) is 3.36. The number of nitrogens with one attached hydrogen (secondary N) is 1. The molecule has 2 aromatic carbocycles. The molecule has 0 unspecified atom stereocenters. The average Bonchev–Trinajstić information content (AvgIpc) is 2.77. The summed E-state index contributed by atoms with van der Waals surface area (Å²) < 4.78 is 5.34. The molecule has 100 valence electrons. The normalized spacial score (nSPS) is 16.8. The molecule has 0 radical (unpaired) electrons. The van der Waals surface area contributed by atoms with Gasteiger partial charge in [0, 0.05) is 11.0 Å². The maximum Gasteiger partial charge on any atom is 0.254 e. The number of hydrogen-bond donors (Lipinski definition) is 1. The van der Waals surface area contributed by atoms with Gasteiger partial charge in [0.25, 0.3) is 5.91 Å². The predicted octanol–water partition coefficient (Wildman–Crippen LogP) is 2.28. The van der Waals surface area contributed by atoms with Gasteiger partial charge >= 0.3 is 0 Å². The summed E-state index contributed by atoms with van der Waals surface area (Å²) in [7, 11) is 1.63. The van der Waals surface area contributed by atoms with Crippen molar-refractivity contribution in [3.63, 3.8) is 0 Å². The van der Waals surface area contributed by atoms with E-state index >= 15 is 0 Å². The van der Waals surface area contributed by atoms with Gasteiger partial charge in [-0.25, -0.2) is 0 Å². The molecule has 0 bridgehead atoms. The third kappa shape index (κ3) is 2.05. The molecule has 1 aliphatic rings. The fraction of sp³-hybridized carbons (Fsp3) is 0.125. The molecule has 4 nitrogen and oxygen atoms in total. The van der Waals surface area contributed by atoms with Crippen LogP contribution in [0.5, 0.6) is 5.75 Å². The second kappa shape index (κ2) is 4.81. The lowest BCUT2D eigenvalue weighted by Crippen LogP contribution is -2.19. The van der Waals surface area contributed by atoms with Crippen molar-refractivity contribution in [2.24, 2.45) is 0 Å². The van der Waals surface area contributed by atoms with E-state index < -0.39 is 0 Å². The Labute approximate surface area is 116 Å². The first-order valence-corrected chi connectivity index (χ1v) is 6.29. The van der Waals surface area contributed by atoms with E-state index in [0.717, 1.165) is 22.1 Å². The number of amides is 2. The van der Waals surface area contributed by atoms with E-state index in [-0.39, 0.29) is 18.2 Å². The van der Waals surface area contributed by atoms with Crippen LogP contribution < -0.4 is 10.1 Å². The molecule has 0 aromatic heterocycles. The van der Waals surface area contributed by atoms with Crippen molar-refractivity contribution in [1.82, 2.24) is 5.32 Å². The standard InChI is InChI=1S/C16H13NO3/c1-20-14-7-6-10(12-4-2-3-5-13(12)14)8-11-9-15(18)17-16(11)19/h2-8H,9H2,1H3,(H,17,18,19)/b11-8+. The Morgan fingerprint density at radius 3 is 2.50 bits per heavy atom. The highest BCUT2D eigenvalue weighted by atomic mass is 16.5. The predicted molar refractivity (Wildman–Crippen MR) is 76.2 cm³/mol. The number of hydrogen-bond acceptors (Lipinski definition) is 3. The summed E-state index contributed by atoms with van der Waals surface area (Å²) in [6.07, 6.45) is 1.90. The van der Waals surface area contributed by atoms with E-state index in [4.69, 9.17) is 4.74 Å². The van der Waals surface area contributed by atoms with E-state index in [2.05, 4.69) is 5.32 Å². The molecule has 1 fully saturated rings. The lowest BCUT2D eigenvalue weighted by atomic mass is 10.0. The van der Waals surface area contributed by atoms with Gasteiger partial charge in [-0.1, -0.05) is 30.3 Å². The van der Waals surface area contributed by atoms with Gasteiger partial charge in [0.2, 0.25) is 5.91 Å². The Balaban J connectivity index is 2.16. The zero-order chi connectivity index (χ0) is 14.1. The molecule has 0 spiro atoms. The summed E-state index contributed by atoms with van der Waals surface area (Å²) in [5.74, 6) is 0.226. The third-order valence-electron chi connectivity index (χ3n) is 3.36. The molecule has 4 heteroatoms. The van der Waals surface area contributed by atoms with Gasteiger partial charge in [-0.2, -0.15) is 0 Å². The SMILES string of the molecule is COc1ccc(/C=C2\CC(=O)NC2=O)c2ccccc12. The van der Waals surface area contributed by atoms with Gasteiger partial charge in [0.1, 0.15) is 5.75 Å². The van der Waals surface area contributed by atoms with Crippen molar-refractivity contribution in [3.8, 4) is 5.75 Å². The molecule has 1 N–H and O–H groups in total. The number of imide groups is 1. The molecule has 2 aromatic rings. The summed E-state index contributed by atoms with van der Waals surface area (Å²) in [5, 5.41) is 4.26. The van der Waals surface area contributed by atoms with Gasteiger partial charge in [-0.3, -0.25) is 14.9 Å². The second-order valence-corrected chi connectivity index (χ2v) is 4.63. The molecule has 1 heterocycles. The largest absolute Gasteiger partial charge is 0.496 e. The minimum absolute atomic E-state index is 0.138. The molecule has 2 amide bonds. The summed E-state index contributed by atoms with van der Waals surface area (Å²) in [6.45, 7) is 0. The van der Waals surface area contributed by atoms with Crippen LogP contribution in [-0.4, -0.2) is 18.9 Å². The maximum atomic E-state index is 11.6. The molecule has 1 saturated heterocycles. The van der Waals surface area contributed by atoms with E-state index in [1.165, 1.54) is 0 Å². The fourth-order valence-corrected chi connectivity index (χ4v) is 2.41. The van der Waals surface area contributed by atoms with Gasteiger partial charge in [0.15, 0.2) is 0 Å². The number of carbonyl (C=O) groups excluding carboxylic acids is 2. The number of methoxy groups -OCH3 is 1. The summed E-state index contributed by atoms with van der Waals surface area (Å²) in [5.41, 5.74) is 1.39. The molecule has 20 heavy (non-hydrogen) atoms. The van der Waals surface area contributed by atoms with Crippen molar-refractivity contribution < 1.29 is 14.3 Å². The molecular weight excluding hydrogens is 254 g/mol. The fourth-order valence-electron chi connectivity index (χ4n) is 2.41. The van der Waals surface area contributed by atoms with Gasteiger partial charge in [0.05, 0.1) is 13.5 Å². The maximum absolute atomic E-state index is 11.6. The van der Waals surface area contributed by atoms with Crippen LogP contribution in [0.2, 0.25) is 0 Å². The van der Waals surface area contributed by atoms with Crippen molar-refractivity contribution in [2.45, 2.75) is 6.42 Å². The highest BCUT2D eigenvalue weighted by Gasteiger charge is 2.23. The molecule has 0 atom stereocenters. The Hall–Kier alpha value is -2.62. The lowest BCUT2D eigenvalue weighted by Gasteiger charge is -2.08. The van der Waals surface area contributed by atoms with Crippen molar-refractivity contribution in [2.75, 3.05) is 7.11 Å². The first kappa shape index (κ1) is 12.4. The Morgan fingerprint density at radius 2 is 1.85 bits per heavy atom. The highest BCUT2D eigenvalue weighted by Crippen LogP contribution is 2.30. The van der Waals surface area contributed by atoms with Crippen LogP contribution in [0.3, 0.4) is 0 Å². The lowest BCUT2D eigenvalue weighted by molar-refractivity contribution is -0.124. The van der Waals surface area contributed by atoms with Crippen LogP contribution in [0.4, 0.5) is 0 Å². The number of ether oxygens (including phenoxy) is 1. The Kier molecular flexibility index (Phi) is 2.99. The van der Waals surface area contributed by atoms with E-state index in [1.54, 1.807) is 13.2 Å². The summed E-state index contributed by atoms with van der Waals surface area (Å²) >= 11 is 0. The van der Waals surface area contributed by atoms with Crippen LogP contribution in [0.25, 0.3) is 16.8 Å². The average molecular weight is 267 g/mol. The van der Waals surface area contributed by atoms with E-state index in [0.29, 0.717) is 5.57 Å². The molecule has 0 saturated carbocycles. The van der Waals surface area contributed by atoms with Crippen molar-refractivity contribution in [3.05, 3.63) is 47.5 Å². The zero-order valence-electron chi connectivity index (χ0n) is 11.0. The van der Waals surface area contributed by atoms with Crippen molar-refractivity contribution in [1.29, 1.82) is 0 Å². The monoisotopic (exact) mass is 267 g/mol. The molecule has 0 aliphatic carbocycles. The minimum atomic E-state index is -0.310. The van der Waals surface area contributed by atoms with Gasteiger partial charge in [-0.05, 0) is 23.1 Å². The van der Waals surface area contributed by atoms with Gasteiger partial charge < -0.3 is 4.74 Å². The summed E-state index contributed by atoms with van der Waals surface area (Å²) in [4.78, 5) is 22.8. The van der Waals surface area contributed by atoms with Crippen LogP contribution in [-0.2, 0) is 9.59 Å². The van der Waals surface area contributed by atoms with E-state index in [1.807, 2.05) is 36.4 Å². The first-order chi connectivity index (χ1) is 9.69. The Morgan fingerprint density at radius 1 is 1.10 bits per heavy atom. The van der Waals surface area contributed by atoms with Crippen LogP contribution >= 0.6 is 0 Å². The molecule has 1 aliphatic heterocycles. The molecular formula is C16H13NO3. The number of carbonyl (C=O) groups is 2. The first-order valence-electron chi connectivity index (χ1n) is 6.29. The minimum Gasteiger partial charge on any atom is -0.496 e. The van der Waals surface area contributed by atoms with Crippen LogP contribution in [0.15, 0.2) is 42.0 Å². The number of rotatable bonds is 2. The van der Waals surface area contributed by atoms with Gasteiger partial charge in [-0.15, -0.1) is 0 Å². The number of fused-ring (bicyclic) bond motifs is 1.